The minimum absolute atomic E-state index is 0.406. The summed E-state index contributed by atoms with van der Waals surface area (Å²) >= 11 is 0. The Hall–Kier alpha value is -3.44. The Morgan fingerprint density at radius 1 is 1.03 bits per heavy atom. The average Bonchev–Trinajstić information content (AvgIpc) is 2.66. The van der Waals surface area contributed by atoms with Gasteiger partial charge in [-0.3, -0.25) is 4.79 Å². The van der Waals surface area contributed by atoms with Crippen LogP contribution in [0.1, 0.15) is 38.8 Å². The number of rotatable bonds is 7. The van der Waals surface area contributed by atoms with E-state index in [1.165, 1.54) is 6.92 Å². The van der Waals surface area contributed by atoms with Crippen molar-refractivity contribution in [2.75, 3.05) is 0 Å². The minimum atomic E-state index is -1.48. The molecule has 0 spiro atoms. The number of nitrogens with one attached hydrogen (secondary N) is 1. The summed E-state index contributed by atoms with van der Waals surface area (Å²) in [7, 11) is 0. The number of benzene rings is 2. The van der Waals surface area contributed by atoms with Gasteiger partial charge in [0.2, 0.25) is 0 Å². The highest BCUT2D eigenvalue weighted by Crippen LogP contribution is 2.25. The number of hydrogen-bond donors (Lipinski definition) is 1. The van der Waals surface area contributed by atoms with Gasteiger partial charge < -0.3 is 20.3 Å². The number of alkyl carbamates (subject to hydrolysis) is 1. The van der Waals surface area contributed by atoms with Crippen molar-refractivity contribution >= 4 is 18.1 Å². The van der Waals surface area contributed by atoms with E-state index >= 15 is 0 Å². The van der Waals surface area contributed by atoms with Crippen LogP contribution < -0.4 is 10.1 Å². The standard InChI is InChI=1S/C22H25N3O4/c1-21(2,3)29-20(27)25-22(4,19(26)14-24-23)17-10-12-18(13-11-17)28-15-16-8-6-5-7-9-16/h5-14H,15H2,1-4H3,(H,25,27)/t22-/m0/s1. The first-order valence-corrected chi connectivity index (χ1v) is 9.14. The predicted molar refractivity (Wildman–Crippen MR) is 109 cm³/mol. The molecule has 1 atom stereocenters. The Balaban J connectivity index is 2.20. The molecule has 2 aromatic rings. The summed E-state index contributed by atoms with van der Waals surface area (Å²) in [5.74, 6) is 0.00399. The Kier molecular flexibility index (Phi) is 6.91. The number of nitrogens with zero attached hydrogens (tertiary/aromatic N) is 2. The minimum Gasteiger partial charge on any atom is -0.489 e. The van der Waals surface area contributed by atoms with Crippen molar-refractivity contribution < 1.29 is 23.9 Å². The van der Waals surface area contributed by atoms with E-state index in [1.54, 1.807) is 45.0 Å². The zero-order chi connectivity index (χ0) is 21.5. The van der Waals surface area contributed by atoms with Gasteiger partial charge in [-0.05, 0) is 51.0 Å². The van der Waals surface area contributed by atoms with Gasteiger partial charge in [0.05, 0.1) is 0 Å². The quantitative estimate of drug-likeness (QED) is 0.437. The summed E-state index contributed by atoms with van der Waals surface area (Å²) in [6, 6.07) is 16.5. The fourth-order valence-electron chi connectivity index (χ4n) is 2.59. The average molecular weight is 395 g/mol. The number of hydrogen-bond acceptors (Lipinski definition) is 4. The van der Waals surface area contributed by atoms with E-state index in [2.05, 4.69) is 10.1 Å². The molecule has 2 aromatic carbocycles. The van der Waals surface area contributed by atoms with Gasteiger partial charge in [0.25, 0.3) is 5.78 Å². The van der Waals surface area contributed by atoms with Crippen molar-refractivity contribution in [2.24, 2.45) is 0 Å². The van der Waals surface area contributed by atoms with E-state index in [0.29, 0.717) is 17.9 Å². The van der Waals surface area contributed by atoms with Crippen LogP contribution in [0.4, 0.5) is 4.79 Å². The third kappa shape index (κ3) is 6.30. The van der Waals surface area contributed by atoms with Gasteiger partial charge in [0.15, 0.2) is 0 Å². The highest BCUT2D eigenvalue weighted by atomic mass is 16.6. The van der Waals surface area contributed by atoms with Crippen molar-refractivity contribution in [1.82, 2.24) is 5.32 Å². The van der Waals surface area contributed by atoms with Gasteiger partial charge in [0, 0.05) is 0 Å². The second-order valence-corrected chi connectivity index (χ2v) is 7.66. The fraction of sp³-hybridized carbons (Fsp3) is 0.318. The third-order valence-corrected chi connectivity index (χ3v) is 4.10. The summed E-state index contributed by atoms with van der Waals surface area (Å²) in [6.07, 6.45) is -0.0129. The Morgan fingerprint density at radius 2 is 1.66 bits per heavy atom. The van der Waals surface area contributed by atoms with Crippen LogP contribution in [0, 0.1) is 0 Å². The van der Waals surface area contributed by atoms with Gasteiger partial charge in [-0.2, -0.15) is 4.79 Å². The molecule has 0 saturated carbocycles. The summed E-state index contributed by atoms with van der Waals surface area (Å²) in [6.45, 7) is 7.09. The monoisotopic (exact) mass is 395 g/mol. The summed E-state index contributed by atoms with van der Waals surface area (Å²) in [5, 5.41) is 2.57. The second kappa shape index (κ2) is 9.17. The van der Waals surface area contributed by atoms with E-state index in [1.807, 2.05) is 30.3 Å². The molecule has 0 fully saturated rings. The number of ether oxygens (including phenoxy) is 2. The molecule has 0 heterocycles. The Bertz CT molecular complexity index is 898. The molecule has 1 amide bonds. The van der Waals surface area contributed by atoms with Gasteiger partial charge in [0.1, 0.15) is 23.5 Å². The summed E-state index contributed by atoms with van der Waals surface area (Å²) in [4.78, 5) is 27.6. The molecule has 0 aromatic heterocycles. The molecule has 0 aliphatic carbocycles. The van der Waals surface area contributed by atoms with Crippen LogP contribution >= 0.6 is 0 Å². The van der Waals surface area contributed by atoms with Crippen LogP contribution in [-0.4, -0.2) is 28.5 Å². The number of carbonyl (C=O) groups is 2. The highest BCUT2D eigenvalue weighted by molar-refractivity contribution is 6.29. The number of amides is 1. The molecule has 0 radical (unpaired) electrons. The zero-order valence-corrected chi connectivity index (χ0v) is 17.0. The van der Waals surface area contributed by atoms with E-state index in [-0.39, 0.29) is 0 Å². The first-order chi connectivity index (χ1) is 13.6. The molecule has 7 nitrogen and oxygen atoms in total. The van der Waals surface area contributed by atoms with Crippen LogP contribution in [0.25, 0.3) is 5.53 Å². The van der Waals surface area contributed by atoms with Crippen LogP contribution in [0.15, 0.2) is 54.6 Å². The van der Waals surface area contributed by atoms with E-state index in [0.717, 1.165) is 11.8 Å². The highest BCUT2D eigenvalue weighted by Gasteiger charge is 2.39. The summed E-state index contributed by atoms with van der Waals surface area (Å²) < 4.78 is 11.0. The van der Waals surface area contributed by atoms with Crippen LogP contribution in [0.2, 0.25) is 0 Å². The van der Waals surface area contributed by atoms with Crippen molar-refractivity contribution in [3.63, 3.8) is 0 Å². The number of Topliss-reactive ketones (excluding diaryl/α,β-unsaturated/α-hetero) is 1. The first-order valence-electron chi connectivity index (χ1n) is 9.14. The van der Waals surface area contributed by atoms with Gasteiger partial charge in [-0.1, -0.05) is 42.5 Å². The molecule has 7 heteroatoms. The van der Waals surface area contributed by atoms with Gasteiger partial charge >= 0.3 is 12.3 Å². The molecular formula is C22H25N3O4. The van der Waals surface area contributed by atoms with Crippen molar-refractivity contribution in [3.05, 3.63) is 71.3 Å². The largest absolute Gasteiger partial charge is 0.489 e. The molecule has 152 valence electrons. The molecule has 0 bridgehead atoms. The lowest BCUT2D eigenvalue weighted by Crippen LogP contribution is -2.51. The lowest BCUT2D eigenvalue weighted by atomic mass is 9.88. The SMILES string of the molecule is CC(C)(C)OC(=O)N[C@](C)(C(=O)C=[N+]=[N-])c1ccc(OCc2ccccc2)cc1. The Labute approximate surface area is 170 Å². The topological polar surface area (TPSA) is 101 Å². The van der Waals surface area contributed by atoms with Gasteiger partial charge in [-0.25, -0.2) is 4.79 Å². The first kappa shape index (κ1) is 21.9. The maximum Gasteiger partial charge on any atom is 0.408 e. The van der Waals surface area contributed by atoms with E-state index < -0.39 is 23.0 Å². The molecule has 0 aliphatic rings. The molecule has 0 aliphatic heterocycles. The number of ketones is 1. The van der Waals surface area contributed by atoms with Crippen molar-refractivity contribution in [2.45, 2.75) is 45.4 Å². The fourth-order valence-corrected chi connectivity index (χ4v) is 2.59. The zero-order valence-electron chi connectivity index (χ0n) is 17.0. The second-order valence-electron chi connectivity index (χ2n) is 7.66. The van der Waals surface area contributed by atoms with E-state index in [4.69, 9.17) is 15.0 Å². The number of carbonyl (C=O) groups excluding carboxylic acids is 2. The predicted octanol–water partition coefficient (Wildman–Crippen LogP) is 3.88. The molecule has 0 saturated heterocycles. The molecule has 29 heavy (non-hydrogen) atoms. The normalized spacial score (nSPS) is 12.8. The third-order valence-electron chi connectivity index (χ3n) is 4.10. The molecule has 2 rings (SSSR count). The molecule has 0 unspecified atom stereocenters. The smallest absolute Gasteiger partial charge is 0.408 e. The maximum atomic E-state index is 12.6. The van der Waals surface area contributed by atoms with Crippen LogP contribution in [-0.2, 0) is 21.7 Å². The van der Waals surface area contributed by atoms with E-state index in [9.17, 15) is 9.59 Å². The molecule has 1 N–H and O–H groups in total. The van der Waals surface area contributed by atoms with Crippen LogP contribution in [0.5, 0.6) is 5.75 Å². The maximum absolute atomic E-state index is 12.6. The Morgan fingerprint density at radius 3 is 2.21 bits per heavy atom. The van der Waals surface area contributed by atoms with Crippen molar-refractivity contribution in [1.29, 1.82) is 0 Å². The molecular weight excluding hydrogens is 370 g/mol. The van der Waals surface area contributed by atoms with Crippen LogP contribution in [0.3, 0.4) is 0 Å². The van der Waals surface area contributed by atoms with Gasteiger partial charge in [-0.15, -0.1) is 0 Å². The summed E-state index contributed by atoms with van der Waals surface area (Å²) in [5.41, 5.74) is 8.08. The lowest BCUT2D eigenvalue weighted by molar-refractivity contribution is -0.121. The lowest BCUT2D eigenvalue weighted by Gasteiger charge is -2.29. The van der Waals surface area contributed by atoms with Crippen molar-refractivity contribution in [3.8, 4) is 5.75 Å².